The summed E-state index contributed by atoms with van der Waals surface area (Å²) in [6.45, 7) is 8.21. The minimum atomic E-state index is -4.54. The number of aryl methyl sites for hydroxylation is 1. The van der Waals surface area contributed by atoms with Crippen molar-refractivity contribution in [2.45, 2.75) is 26.6 Å². The highest BCUT2D eigenvalue weighted by Crippen LogP contribution is 2.34. The fourth-order valence-electron chi connectivity index (χ4n) is 4.71. The van der Waals surface area contributed by atoms with E-state index in [1.165, 1.54) is 12.1 Å². The number of imidazole rings is 1. The molecule has 1 saturated heterocycles. The van der Waals surface area contributed by atoms with Crippen molar-refractivity contribution in [1.82, 2.24) is 24.4 Å². The summed E-state index contributed by atoms with van der Waals surface area (Å²) in [5, 5.41) is 6.86. The molecule has 0 spiro atoms. The number of likely N-dealkylation sites (N-methyl/N-ethyl adjacent to an activating group) is 1. The number of carbonyl (C=O) groups excluding carboxylic acids is 1. The maximum atomic E-state index is 14.0. The van der Waals surface area contributed by atoms with Gasteiger partial charge in [-0.1, -0.05) is 25.0 Å². The van der Waals surface area contributed by atoms with Crippen LogP contribution in [0, 0.1) is 18.8 Å². The molecule has 1 amide bonds. The topological polar surface area (TPSA) is 65.8 Å². The highest BCUT2D eigenvalue weighted by Gasteiger charge is 2.34. The second-order valence-electron chi connectivity index (χ2n) is 9.75. The Balaban J connectivity index is 1.33. The standard InChI is InChI=1S/C30H29F3N6O/c1-3-37-13-15-38(16-14-37)20-24-8-10-25(18-27(24)30(31,32)33)36-29(40)23-7-6-21(2)22(17-23)9-11-26-19-34-28-5-4-12-35-39(26)28/h4-8,10,12,17-19H,3,13-16,20H2,1-2H3,(H,36,40). The zero-order valence-electron chi connectivity index (χ0n) is 22.3. The van der Waals surface area contributed by atoms with Crippen LogP contribution >= 0.6 is 0 Å². The van der Waals surface area contributed by atoms with Crippen molar-refractivity contribution >= 4 is 17.2 Å². The van der Waals surface area contributed by atoms with E-state index in [2.05, 4.69) is 39.1 Å². The number of nitrogens with one attached hydrogen (secondary N) is 1. The van der Waals surface area contributed by atoms with Crippen molar-refractivity contribution in [3.05, 3.63) is 94.4 Å². The van der Waals surface area contributed by atoms with Crippen LogP contribution in [0.3, 0.4) is 0 Å². The molecule has 10 heteroatoms. The maximum Gasteiger partial charge on any atom is 0.416 e. The third kappa shape index (κ3) is 6.17. The van der Waals surface area contributed by atoms with Crippen LogP contribution in [0.1, 0.15) is 45.2 Å². The van der Waals surface area contributed by atoms with Gasteiger partial charge < -0.3 is 10.2 Å². The molecule has 40 heavy (non-hydrogen) atoms. The molecular formula is C30H29F3N6O. The van der Waals surface area contributed by atoms with Crippen LogP contribution in [0.25, 0.3) is 5.65 Å². The first-order valence-corrected chi connectivity index (χ1v) is 13.1. The van der Waals surface area contributed by atoms with Crippen LogP contribution < -0.4 is 5.32 Å². The van der Waals surface area contributed by atoms with Crippen LogP contribution in [0.4, 0.5) is 18.9 Å². The number of anilines is 1. The van der Waals surface area contributed by atoms with Crippen molar-refractivity contribution in [3.63, 3.8) is 0 Å². The molecule has 0 radical (unpaired) electrons. The van der Waals surface area contributed by atoms with Crippen molar-refractivity contribution in [1.29, 1.82) is 0 Å². The SMILES string of the molecule is CCN1CCN(Cc2ccc(NC(=O)c3ccc(C)c(C#Cc4cnc5cccnn45)c3)cc2C(F)(F)F)CC1. The number of piperazine rings is 1. The number of hydrogen-bond donors (Lipinski definition) is 1. The van der Waals surface area contributed by atoms with Crippen LogP contribution in [-0.4, -0.2) is 63.0 Å². The van der Waals surface area contributed by atoms with Crippen molar-refractivity contribution < 1.29 is 18.0 Å². The number of alkyl halides is 3. The largest absolute Gasteiger partial charge is 0.416 e. The highest BCUT2D eigenvalue weighted by molar-refractivity contribution is 6.04. The molecule has 2 aromatic carbocycles. The van der Waals surface area contributed by atoms with E-state index in [4.69, 9.17) is 0 Å². The fourth-order valence-corrected chi connectivity index (χ4v) is 4.71. The number of rotatable bonds is 5. The number of nitrogens with zero attached hydrogens (tertiary/aromatic N) is 5. The number of carbonyl (C=O) groups is 1. The Morgan fingerprint density at radius 2 is 1.80 bits per heavy atom. The van der Waals surface area contributed by atoms with E-state index in [0.29, 0.717) is 16.9 Å². The van der Waals surface area contributed by atoms with Crippen LogP contribution in [0.15, 0.2) is 60.9 Å². The summed E-state index contributed by atoms with van der Waals surface area (Å²) < 4.78 is 43.6. The third-order valence-electron chi connectivity index (χ3n) is 7.08. The van der Waals surface area contributed by atoms with Gasteiger partial charge in [-0.25, -0.2) is 9.50 Å². The summed E-state index contributed by atoms with van der Waals surface area (Å²) in [6, 6.07) is 12.6. The number of benzene rings is 2. The molecule has 206 valence electrons. The lowest BCUT2D eigenvalue weighted by atomic mass is 10.0. The predicted octanol–water partition coefficient (Wildman–Crippen LogP) is 4.85. The Morgan fingerprint density at radius 1 is 1.02 bits per heavy atom. The van der Waals surface area contributed by atoms with Crippen molar-refractivity contribution in [3.8, 4) is 11.8 Å². The summed E-state index contributed by atoms with van der Waals surface area (Å²) in [6.07, 6.45) is -1.28. The number of fused-ring (bicyclic) bond motifs is 1. The van der Waals surface area contributed by atoms with Gasteiger partial charge in [0.2, 0.25) is 0 Å². The summed E-state index contributed by atoms with van der Waals surface area (Å²) in [4.78, 5) is 21.6. The van der Waals surface area contributed by atoms with Gasteiger partial charge in [0.15, 0.2) is 5.65 Å². The number of halogens is 3. The van der Waals surface area contributed by atoms with E-state index < -0.39 is 17.6 Å². The first kappa shape index (κ1) is 27.4. The minimum absolute atomic E-state index is 0.0851. The van der Waals surface area contributed by atoms with Crippen LogP contribution in [0.2, 0.25) is 0 Å². The van der Waals surface area contributed by atoms with E-state index in [9.17, 15) is 18.0 Å². The van der Waals surface area contributed by atoms with E-state index in [-0.39, 0.29) is 23.4 Å². The molecule has 5 rings (SSSR count). The Hall–Kier alpha value is -4.20. The quantitative estimate of drug-likeness (QED) is 0.363. The molecule has 0 aliphatic carbocycles. The van der Waals surface area contributed by atoms with E-state index in [0.717, 1.165) is 44.4 Å². The Kier molecular flexibility index (Phi) is 7.87. The van der Waals surface area contributed by atoms with E-state index >= 15 is 0 Å². The van der Waals surface area contributed by atoms with Gasteiger partial charge in [-0.15, -0.1) is 0 Å². The lowest BCUT2D eigenvalue weighted by Crippen LogP contribution is -2.45. The van der Waals surface area contributed by atoms with Gasteiger partial charge in [-0.2, -0.15) is 18.3 Å². The van der Waals surface area contributed by atoms with E-state index in [1.807, 2.05) is 17.9 Å². The minimum Gasteiger partial charge on any atom is -0.322 e. The van der Waals surface area contributed by atoms with Gasteiger partial charge in [-0.05, 0) is 66.9 Å². The average molecular weight is 547 g/mol. The predicted molar refractivity (Wildman–Crippen MR) is 147 cm³/mol. The molecule has 7 nitrogen and oxygen atoms in total. The molecule has 0 atom stereocenters. The Morgan fingerprint density at radius 3 is 2.55 bits per heavy atom. The zero-order valence-corrected chi connectivity index (χ0v) is 22.3. The fraction of sp³-hybridized carbons (Fsp3) is 0.300. The molecular weight excluding hydrogens is 517 g/mol. The first-order valence-electron chi connectivity index (χ1n) is 13.1. The molecule has 1 aliphatic heterocycles. The maximum absolute atomic E-state index is 14.0. The van der Waals surface area contributed by atoms with Gasteiger partial charge in [-0.3, -0.25) is 9.69 Å². The lowest BCUT2D eigenvalue weighted by molar-refractivity contribution is -0.138. The first-order chi connectivity index (χ1) is 19.2. The highest BCUT2D eigenvalue weighted by atomic mass is 19.4. The summed E-state index contributed by atoms with van der Waals surface area (Å²) >= 11 is 0. The normalized spacial score (nSPS) is 14.6. The van der Waals surface area contributed by atoms with Gasteiger partial charge in [0, 0.05) is 55.7 Å². The van der Waals surface area contributed by atoms with Gasteiger partial charge in [0.1, 0.15) is 5.69 Å². The molecule has 0 unspecified atom stereocenters. The molecule has 1 aliphatic rings. The number of hydrogen-bond acceptors (Lipinski definition) is 5. The lowest BCUT2D eigenvalue weighted by Gasteiger charge is -2.34. The van der Waals surface area contributed by atoms with Gasteiger partial charge >= 0.3 is 6.18 Å². The van der Waals surface area contributed by atoms with E-state index in [1.54, 1.807) is 41.2 Å². The monoisotopic (exact) mass is 546 g/mol. The summed E-state index contributed by atoms with van der Waals surface area (Å²) in [5.41, 5.74) is 2.57. The molecule has 1 N–H and O–H groups in total. The summed E-state index contributed by atoms with van der Waals surface area (Å²) in [5.74, 6) is 5.58. The molecule has 0 saturated carbocycles. The Bertz CT molecular complexity index is 1590. The van der Waals surface area contributed by atoms with Gasteiger partial charge in [0.05, 0.1) is 11.8 Å². The molecule has 4 aromatic rings. The van der Waals surface area contributed by atoms with Crippen LogP contribution in [0.5, 0.6) is 0 Å². The summed E-state index contributed by atoms with van der Waals surface area (Å²) in [7, 11) is 0. The van der Waals surface area contributed by atoms with Crippen molar-refractivity contribution in [2.24, 2.45) is 0 Å². The zero-order chi connectivity index (χ0) is 28.3. The van der Waals surface area contributed by atoms with Gasteiger partial charge in [0.25, 0.3) is 5.91 Å². The number of aromatic nitrogens is 3. The smallest absolute Gasteiger partial charge is 0.322 e. The molecule has 3 heterocycles. The number of amides is 1. The molecule has 0 bridgehead atoms. The second-order valence-corrected chi connectivity index (χ2v) is 9.75. The molecule has 2 aromatic heterocycles. The Labute approximate surface area is 230 Å². The van der Waals surface area contributed by atoms with Crippen molar-refractivity contribution in [2.75, 3.05) is 38.0 Å². The van der Waals surface area contributed by atoms with Crippen LogP contribution in [-0.2, 0) is 12.7 Å². The third-order valence-corrected chi connectivity index (χ3v) is 7.08. The second kappa shape index (κ2) is 11.5. The molecule has 1 fully saturated rings. The average Bonchev–Trinajstić information content (AvgIpc) is 3.36.